The van der Waals surface area contributed by atoms with Gasteiger partial charge < -0.3 is 13.9 Å². The first-order valence-corrected chi connectivity index (χ1v) is 10.5. The predicted octanol–water partition coefficient (Wildman–Crippen LogP) is 2.83. The van der Waals surface area contributed by atoms with Crippen LogP contribution in [0.2, 0.25) is 0 Å². The average Bonchev–Trinajstić information content (AvgIpc) is 3.19. The van der Waals surface area contributed by atoms with Crippen molar-refractivity contribution in [3.8, 4) is 23.0 Å². The number of aromatic nitrogens is 2. The van der Waals surface area contributed by atoms with Crippen molar-refractivity contribution in [2.45, 2.75) is 19.5 Å². The van der Waals surface area contributed by atoms with Gasteiger partial charge in [0.2, 0.25) is 5.89 Å². The Hall–Kier alpha value is -3.39. The van der Waals surface area contributed by atoms with Crippen molar-refractivity contribution in [1.82, 2.24) is 14.7 Å². The molecule has 1 aromatic heterocycles. The predicted molar refractivity (Wildman–Crippen MR) is 112 cm³/mol. The average molecular weight is 421 g/mol. The van der Waals surface area contributed by atoms with Crippen LogP contribution in [0.3, 0.4) is 0 Å². The third kappa shape index (κ3) is 4.11. The molecule has 0 amide bonds. The highest BCUT2D eigenvalue weighted by atomic mass is 16.6. The standard InChI is InChI=1S/C23H23N3O5/c27-21(18-6-7-19-20(14-18)30-13-12-29-19)16-8-10-25(11-9-16)15-26-23(28)31-22(24-26)17-4-2-1-3-5-17/h1-7,14,16H,8-13,15H2. The molecule has 2 aliphatic heterocycles. The Bertz CT molecular complexity index is 1130. The molecule has 0 radical (unpaired) electrons. The third-order valence-corrected chi connectivity index (χ3v) is 5.75. The van der Waals surface area contributed by atoms with E-state index >= 15 is 0 Å². The molecule has 0 bridgehead atoms. The fraction of sp³-hybridized carbons (Fsp3) is 0.348. The summed E-state index contributed by atoms with van der Waals surface area (Å²) in [6.45, 7) is 2.79. The van der Waals surface area contributed by atoms with Crippen molar-refractivity contribution in [1.29, 1.82) is 0 Å². The zero-order valence-electron chi connectivity index (χ0n) is 17.0. The molecule has 2 aromatic carbocycles. The second-order valence-electron chi connectivity index (χ2n) is 7.80. The molecule has 0 aliphatic carbocycles. The van der Waals surface area contributed by atoms with Gasteiger partial charge in [-0.2, -0.15) is 4.68 Å². The van der Waals surface area contributed by atoms with Crippen LogP contribution in [0.25, 0.3) is 11.5 Å². The first kappa shape index (κ1) is 19.6. The summed E-state index contributed by atoms with van der Waals surface area (Å²) in [5, 5.41) is 4.32. The summed E-state index contributed by atoms with van der Waals surface area (Å²) in [6.07, 6.45) is 1.46. The quantitative estimate of drug-likeness (QED) is 0.586. The number of ether oxygens (including phenoxy) is 2. The molecule has 8 nitrogen and oxygen atoms in total. The van der Waals surface area contributed by atoms with E-state index in [1.54, 1.807) is 12.1 Å². The van der Waals surface area contributed by atoms with Crippen molar-refractivity contribution in [2.24, 2.45) is 5.92 Å². The summed E-state index contributed by atoms with van der Waals surface area (Å²) >= 11 is 0. The van der Waals surface area contributed by atoms with Gasteiger partial charge in [-0.05, 0) is 43.2 Å². The van der Waals surface area contributed by atoms with E-state index in [-0.39, 0.29) is 11.7 Å². The van der Waals surface area contributed by atoms with Gasteiger partial charge in [0.25, 0.3) is 0 Å². The first-order valence-electron chi connectivity index (χ1n) is 10.5. The van der Waals surface area contributed by atoms with E-state index in [4.69, 9.17) is 13.9 Å². The van der Waals surface area contributed by atoms with Gasteiger partial charge in [-0.15, -0.1) is 5.10 Å². The zero-order valence-corrected chi connectivity index (χ0v) is 17.0. The number of nitrogens with zero attached hydrogens (tertiary/aromatic N) is 3. The Morgan fingerprint density at radius 3 is 2.52 bits per heavy atom. The van der Waals surface area contributed by atoms with Crippen molar-refractivity contribution in [3.63, 3.8) is 0 Å². The molecule has 0 N–H and O–H groups in total. The lowest BCUT2D eigenvalue weighted by atomic mass is 9.89. The number of piperidine rings is 1. The van der Waals surface area contributed by atoms with Crippen LogP contribution in [-0.2, 0) is 6.67 Å². The lowest BCUT2D eigenvalue weighted by Crippen LogP contribution is -2.39. The van der Waals surface area contributed by atoms with E-state index in [2.05, 4.69) is 10.00 Å². The number of Topliss-reactive ketones (excluding diaryl/α,β-unsaturated/α-hetero) is 1. The highest BCUT2D eigenvalue weighted by Crippen LogP contribution is 2.32. The van der Waals surface area contributed by atoms with Crippen LogP contribution in [0.15, 0.2) is 57.7 Å². The number of hydrogen-bond acceptors (Lipinski definition) is 7. The van der Waals surface area contributed by atoms with Gasteiger partial charge >= 0.3 is 5.76 Å². The highest BCUT2D eigenvalue weighted by molar-refractivity contribution is 5.98. The maximum absolute atomic E-state index is 13.0. The van der Waals surface area contributed by atoms with Crippen molar-refractivity contribution >= 4 is 5.78 Å². The molecular weight excluding hydrogens is 398 g/mol. The maximum Gasteiger partial charge on any atom is 0.438 e. The van der Waals surface area contributed by atoms with E-state index in [0.29, 0.717) is 55.9 Å². The summed E-state index contributed by atoms with van der Waals surface area (Å²) in [6, 6.07) is 14.7. The Kier molecular flexibility index (Phi) is 5.30. The molecule has 8 heteroatoms. The number of hydrogen-bond donors (Lipinski definition) is 0. The lowest BCUT2D eigenvalue weighted by Gasteiger charge is -2.30. The number of benzene rings is 2. The molecule has 31 heavy (non-hydrogen) atoms. The number of carbonyl (C=O) groups excluding carboxylic acids is 1. The second kappa shape index (κ2) is 8.39. The van der Waals surface area contributed by atoms with Crippen molar-refractivity contribution < 1.29 is 18.7 Å². The molecular formula is C23H23N3O5. The van der Waals surface area contributed by atoms with E-state index < -0.39 is 5.76 Å². The van der Waals surface area contributed by atoms with E-state index in [1.807, 2.05) is 36.4 Å². The lowest BCUT2D eigenvalue weighted by molar-refractivity contribution is 0.0799. The van der Waals surface area contributed by atoms with Gasteiger partial charge in [0, 0.05) is 30.1 Å². The summed E-state index contributed by atoms with van der Waals surface area (Å²) in [5.74, 6) is 1.23. The van der Waals surface area contributed by atoms with Crippen LogP contribution >= 0.6 is 0 Å². The van der Waals surface area contributed by atoms with Gasteiger partial charge in [0.05, 0.1) is 0 Å². The van der Waals surface area contributed by atoms with Gasteiger partial charge in [-0.25, -0.2) is 4.79 Å². The number of ketones is 1. The van der Waals surface area contributed by atoms with Crippen LogP contribution in [0, 0.1) is 5.92 Å². The third-order valence-electron chi connectivity index (χ3n) is 5.75. The van der Waals surface area contributed by atoms with E-state index in [1.165, 1.54) is 4.68 Å². The molecule has 0 spiro atoms. The van der Waals surface area contributed by atoms with Gasteiger partial charge in [-0.3, -0.25) is 9.69 Å². The minimum atomic E-state index is -0.478. The van der Waals surface area contributed by atoms with Gasteiger partial charge in [0.15, 0.2) is 17.3 Å². The van der Waals surface area contributed by atoms with E-state index in [0.717, 1.165) is 18.4 Å². The number of rotatable bonds is 5. The second-order valence-corrected chi connectivity index (χ2v) is 7.80. The normalized spacial score (nSPS) is 16.9. The molecule has 0 saturated carbocycles. The fourth-order valence-electron chi connectivity index (χ4n) is 4.05. The molecule has 1 fully saturated rings. The number of likely N-dealkylation sites (tertiary alicyclic amines) is 1. The topological polar surface area (TPSA) is 86.8 Å². The Balaban J connectivity index is 1.21. The molecule has 3 heterocycles. The molecule has 2 aliphatic rings. The number of carbonyl (C=O) groups is 1. The summed E-state index contributed by atoms with van der Waals surface area (Å²) in [7, 11) is 0. The van der Waals surface area contributed by atoms with Crippen LogP contribution in [-0.4, -0.2) is 46.8 Å². The monoisotopic (exact) mass is 421 g/mol. The summed E-state index contributed by atoms with van der Waals surface area (Å²) in [4.78, 5) is 27.3. The van der Waals surface area contributed by atoms with Crippen LogP contribution in [0.5, 0.6) is 11.5 Å². The van der Waals surface area contributed by atoms with Gasteiger partial charge in [0.1, 0.15) is 19.9 Å². The molecule has 1 saturated heterocycles. The minimum absolute atomic E-state index is 0.0484. The molecule has 160 valence electrons. The molecule has 3 aromatic rings. The molecule has 0 unspecified atom stereocenters. The largest absolute Gasteiger partial charge is 0.486 e. The van der Waals surface area contributed by atoms with Crippen LogP contribution < -0.4 is 15.2 Å². The van der Waals surface area contributed by atoms with Crippen LogP contribution in [0.4, 0.5) is 0 Å². The zero-order chi connectivity index (χ0) is 21.2. The molecule has 5 rings (SSSR count). The summed E-state index contributed by atoms with van der Waals surface area (Å²) in [5.41, 5.74) is 1.42. The van der Waals surface area contributed by atoms with Gasteiger partial charge in [-0.1, -0.05) is 18.2 Å². The minimum Gasteiger partial charge on any atom is -0.486 e. The number of fused-ring (bicyclic) bond motifs is 1. The fourth-order valence-corrected chi connectivity index (χ4v) is 4.05. The first-order chi connectivity index (χ1) is 15.2. The Labute approximate surface area is 179 Å². The van der Waals surface area contributed by atoms with Crippen LogP contribution in [0.1, 0.15) is 23.2 Å². The Morgan fingerprint density at radius 1 is 1.00 bits per heavy atom. The van der Waals surface area contributed by atoms with Crippen molar-refractivity contribution in [2.75, 3.05) is 26.3 Å². The Morgan fingerprint density at radius 2 is 1.74 bits per heavy atom. The smallest absolute Gasteiger partial charge is 0.438 e. The van der Waals surface area contributed by atoms with E-state index in [9.17, 15) is 9.59 Å². The maximum atomic E-state index is 13.0. The highest BCUT2D eigenvalue weighted by Gasteiger charge is 2.27. The molecule has 0 atom stereocenters. The summed E-state index contributed by atoms with van der Waals surface area (Å²) < 4.78 is 17.8. The van der Waals surface area contributed by atoms with Crippen molar-refractivity contribution in [3.05, 3.63) is 64.6 Å². The SMILES string of the molecule is O=C(c1ccc2c(c1)OCCO2)C1CCN(Cn2nc(-c3ccccc3)oc2=O)CC1.